The van der Waals surface area contributed by atoms with Crippen LogP contribution >= 0.6 is 0 Å². The van der Waals surface area contributed by atoms with Crippen LogP contribution in [0.4, 0.5) is 0 Å². The van der Waals surface area contributed by atoms with Crippen LogP contribution in [0, 0.1) is 0 Å². The molecule has 6 N–H and O–H groups in total. The molecular weight excluding hydrogens is 947 g/mol. The van der Waals surface area contributed by atoms with E-state index in [1.807, 2.05) is 6.08 Å². The van der Waals surface area contributed by atoms with Gasteiger partial charge in [0.1, 0.15) is 24.4 Å². The van der Waals surface area contributed by atoms with Crippen molar-refractivity contribution in [1.82, 2.24) is 5.32 Å². The number of unbranched alkanes of at least 4 members (excludes halogenated alkanes) is 38. The van der Waals surface area contributed by atoms with Gasteiger partial charge >= 0.3 is 0 Å². The Bertz CT molecular complexity index is 1380. The smallest absolute Gasteiger partial charge is 0.220 e. The van der Waals surface area contributed by atoms with E-state index in [0.29, 0.717) is 6.42 Å². The molecule has 7 atom stereocenters. The molecule has 1 aliphatic rings. The van der Waals surface area contributed by atoms with Crippen molar-refractivity contribution in [2.75, 3.05) is 13.2 Å². The van der Waals surface area contributed by atoms with Crippen molar-refractivity contribution in [1.29, 1.82) is 0 Å². The molecule has 1 aliphatic heterocycles. The third-order valence-electron chi connectivity index (χ3n) is 15.3. The second-order valence-electron chi connectivity index (χ2n) is 22.5. The summed E-state index contributed by atoms with van der Waals surface area (Å²) in [5.74, 6) is -0.172. The maximum absolute atomic E-state index is 13.1. The average Bonchev–Trinajstić information content (AvgIpc) is 3.42. The Morgan fingerprint density at radius 1 is 0.461 bits per heavy atom. The molecule has 76 heavy (non-hydrogen) atoms. The summed E-state index contributed by atoms with van der Waals surface area (Å²) in [5.41, 5.74) is 0. The number of hydrogen-bond acceptors (Lipinski definition) is 8. The summed E-state index contributed by atoms with van der Waals surface area (Å²) < 4.78 is 11.3. The largest absolute Gasteiger partial charge is 0.394 e. The van der Waals surface area contributed by atoms with Crippen LogP contribution in [-0.2, 0) is 14.3 Å². The van der Waals surface area contributed by atoms with E-state index >= 15 is 0 Å². The molecular formula is C67H123NO8. The Kier molecular flexibility index (Phi) is 53.1. The fraction of sp³-hybridized carbons (Fsp3) is 0.836. The summed E-state index contributed by atoms with van der Waals surface area (Å²) in [6.07, 6.45) is 70.2. The van der Waals surface area contributed by atoms with E-state index in [1.54, 1.807) is 6.08 Å². The van der Waals surface area contributed by atoms with E-state index < -0.39 is 49.5 Å². The molecule has 9 heteroatoms. The zero-order valence-corrected chi connectivity index (χ0v) is 49.5. The van der Waals surface area contributed by atoms with E-state index in [1.165, 1.54) is 218 Å². The Hall–Kier alpha value is -2.11. The Labute approximate surface area is 468 Å². The van der Waals surface area contributed by atoms with Gasteiger partial charge in [0.2, 0.25) is 5.91 Å². The summed E-state index contributed by atoms with van der Waals surface area (Å²) in [4.78, 5) is 13.1. The molecule has 0 aliphatic carbocycles. The number of rotatable bonds is 56. The van der Waals surface area contributed by atoms with E-state index in [4.69, 9.17) is 9.47 Å². The molecule has 0 bridgehead atoms. The topological polar surface area (TPSA) is 149 Å². The zero-order chi connectivity index (χ0) is 55.0. The van der Waals surface area contributed by atoms with Gasteiger partial charge in [0.25, 0.3) is 0 Å². The number of amides is 1. The first-order valence-electron chi connectivity index (χ1n) is 32.5. The third kappa shape index (κ3) is 44.7. The quantitative estimate of drug-likeness (QED) is 0.0261. The van der Waals surface area contributed by atoms with E-state index in [9.17, 15) is 30.3 Å². The van der Waals surface area contributed by atoms with Gasteiger partial charge in [0.15, 0.2) is 6.29 Å². The van der Waals surface area contributed by atoms with Crippen LogP contribution in [-0.4, -0.2) is 87.5 Å². The fourth-order valence-corrected chi connectivity index (χ4v) is 10.3. The minimum absolute atomic E-state index is 0.172. The predicted octanol–water partition coefficient (Wildman–Crippen LogP) is 17.0. The highest BCUT2D eigenvalue weighted by atomic mass is 16.7. The van der Waals surface area contributed by atoms with Crippen molar-refractivity contribution < 1.29 is 39.8 Å². The number of carbonyl (C=O) groups is 1. The lowest BCUT2D eigenvalue weighted by Crippen LogP contribution is -2.60. The maximum atomic E-state index is 13.1. The molecule has 1 rings (SSSR count). The number of aliphatic hydroxyl groups is 5. The Balaban J connectivity index is 2.13. The van der Waals surface area contributed by atoms with Crippen molar-refractivity contribution in [2.24, 2.45) is 0 Å². The predicted molar refractivity (Wildman–Crippen MR) is 322 cm³/mol. The molecule has 0 radical (unpaired) electrons. The summed E-state index contributed by atoms with van der Waals surface area (Å²) in [5, 5.41) is 54.7. The first-order valence-corrected chi connectivity index (χ1v) is 32.5. The summed E-state index contributed by atoms with van der Waals surface area (Å²) >= 11 is 0. The maximum Gasteiger partial charge on any atom is 0.220 e. The normalized spacial score (nSPS) is 19.2. The summed E-state index contributed by atoms with van der Waals surface area (Å²) in [6, 6.07) is -0.806. The Morgan fingerprint density at radius 3 is 1.21 bits per heavy atom. The number of carbonyl (C=O) groups excluding carboxylic acids is 1. The summed E-state index contributed by atoms with van der Waals surface area (Å²) in [7, 11) is 0. The van der Waals surface area contributed by atoms with Crippen LogP contribution in [0.2, 0.25) is 0 Å². The van der Waals surface area contributed by atoms with Crippen molar-refractivity contribution in [3.05, 3.63) is 60.8 Å². The molecule has 9 nitrogen and oxygen atoms in total. The lowest BCUT2D eigenvalue weighted by molar-refractivity contribution is -0.302. The number of allylic oxidation sites excluding steroid dienone is 9. The lowest BCUT2D eigenvalue weighted by Gasteiger charge is -2.40. The standard InChI is InChI=1S/C67H123NO8/c1-3-5-7-9-11-13-15-17-19-21-23-25-26-27-28-29-30-31-32-33-34-35-36-37-39-41-43-45-47-49-51-53-55-57-63(71)68-60(59-75-67-66(74)65(73)64(72)62(58-69)76-67)61(70)56-54-52-50-48-46-44-42-40-38-24-22-20-18-16-14-12-10-8-6-4-2/h5,7,11,13,17,19,23,25,54,56,60-62,64-67,69-70,72-74H,3-4,6,8-10,12,14-16,18,20-22,24,26-53,55,57-59H2,1-2H3,(H,68,71)/b7-5-,13-11-,19-17-,25-23-,56-54+. The van der Waals surface area contributed by atoms with Gasteiger partial charge in [-0.05, 0) is 57.8 Å². The van der Waals surface area contributed by atoms with Gasteiger partial charge < -0.3 is 40.3 Å². The van der Waals surface area contributed by atoms with Crippen molar-refractivity contribution >= 4 is 5.91 Å². The molecule has 7 unspecified atom stereocenters. The van der Waals surface area contributed by atoms with Gasteiger partial charge in [-0.2, -0.15) is 0 Å². The number of hydrogen-bond donors (Lipinski definition) is 6. The van der Waals surface area contributed by atoms with Gasteiger partial charge in [-0.15, -0.1) is 0 Å². The van der Waals surface area contributed by atoms with Gasteiger partial charge in [-0.25, -0.2) is 0 Å². The molecule has 444 valence electrons. The van der Waals surface area contributed by atoms with Gasteiger partial charge in [-0.3, -0.25) is 4.79 Å². The minimum atomic E-state index is -1.57. The molecule has 0 aromatic heterocycles. The molecule has 1 saturated heterocycles. The highest BCUT2D eigenvalue weighted by Crippen LogP contribution is 2.23. The molecule has 0 aromatic rings. The second kappa shape index (κ2) is 56.2. The molecule has 0 aromatic carbocycles. The van der Waals surface area contributed by atoms with Crippen LogP contribution in [0.5, 0.6) is 0 Å². The van der Waals surface area contributed by atoms with Crippen LogP contribution in [0.3, 0.4) is 0 Å². The van der Waals surface area contributed by atoms with E-state index in [0.717, 1.165) is 64.2 Å². The van der Waals surface area contributed by atoms with Crippen LogP contribution in [0.15, 0.2) is 60.8 Å². The molecule has 0 spiro atoms. The highest BCUT2D eigenvalue weighted by molar-refractivity contribution is 5.76. The van der Waals surface area contributed by atoms with E-state index in [-0.39, 0.29) is 12.5 Å². The van der Waals surface area contributed by atoms with Gasteiger partial charge in [0.05, 0.1) is 25.4 Å². The van der Waals surface area contributed by atoms with E-state index in [2.05, 4.69) is 67.8 Å². The van der Waals surface area contributed by atoms with Gasteiger partial charge in [-0.1, -0.05) is 299 Å². The minimum Gasteiger partial charge on any atom is -0.394 e. The third-order valence-corrected chi connectivity index (χ3v) is 15.3. The number of nitrogens with one attached hydrogen (secondary N) is 1. The highest BCUT2D eigenvalue weighted by Gasteiger charge is 2.44. The number of aliphatic hydroxyl groups excluding tert-OH is 5. The number of ether oxygens (including phenoxy) is 2. The monoisotopic (exact) mass is 1070 g/mol. The fourth-order valence-electron chi connectivity index (χ4n) is 10.3. The molecule has 0 saturated carbocycles. The summed E-state index contributed by atoms with van der Waals surface area (Å²) in [6.45, 7) is 3.70. The van der Waals surface area contributed by atoms with Crippen LogP contribution in [0.1, 0.15) is 303 Å². The Morgan fingerprint density at radius 2 is 0.816 bits per heavy atom. The first kappa shape index (κ1) is 71.9. The average molecular weight is 1070 g/mol. The van der Waals surface area contributed by atoms with Gasteiger partial charge in [0, 0.05) is 6.42 Å². The van der Waals surface area contributed by atoms with Crippen LogP contribution < -0.4 is 5.32 Å². The molecule has 1 heterocycles. The van der Waals surface area contributed by atoms with Crippen molar-refractivity contribution in [3.8, 4) is 0 Å². The first-order chi connectivity index (χ1) is 37.3. The molecule has 1 fully saturated rings. The lowest BCUT2D eigenvalue weighted by atomic mass is 9.99. The zero-order valence-electron chi connectivity index (χ0n) is 49.5. The van der Waals surface area contributed by atoms with Crippen molar-refractivity contribution in [3.63, 3.8) is 0 Å². The SMILES string of the molecule is CC/C=C\C/C=C\C/C=C\C/C=C\CCCCCCCCCCCCCCCCCCCCCCC(=O)NC(COC1OC(CO)C(O)C(O)C1O)C(O)/C=C/CCCCCCCCCCCCCCCCCCCC. The second-order valence-corrected chi connectivity index (χ2v) is 22.5. The molecule has 1 amide bonds. The van der Waals surface area contributed by atoms with Crippen LogP contribution in [0.25, 0.3) is 0 Å². The van der Waals surface area contributed by atoms with Crippen molar-refractivity contribution in [2.45, 2.75) is 346 Å².